The summed E-state index contributed by atoms with van der Waals surface area (Å²) in [7, 11) is -3.96. The lowest BCUT2D eigenvalue weighted by Gasteiger charge is -2.28. The molecule has 0 fully saturated rings. The van der Waals surface area contributed by atoms with Crippen molar-refractivity contribution >= 4 is 27.6 Å². The number of sulfonamides is 1. The molecule has 1 amide bonds. The number of benzene rings is 3. The number of nitrogens with zero attached hydrogens (tertiary/aromatic N) is 1. The van der Waals surface area contributed by atoms with Gasteiger partial charge in [-0.05, 0) is 61.6 Å². The van der Waals surface area contributed by atoms with Crippen LogP contribution in [0.2, 0.25) is 0 Å². The second-order valence-corrected chi connectivity index (χ2v) is 10.4. The number of hydrogen-bond acceptors (Lipinski definition) is 5. The Morgan fingerprint density at radius 2 is 1.57 bits per heavy atom. The summed E-state index contributed by atoms with van der Waals surface area (Å²) in [6.07, 6.45) is 0.748. The lowest BCUT2D eigenvalue weighted by atomic mass is 10.00. The van der Waals surface area contributed by atoms with Crippen LogP contribution < -0.4 is 4.72 Å². The number of rotatable bonds is 6. The molecule has 0 bridgehead atoms. The van der Waals surface area contributed by atoms with Gasteiger partial charge in [-0.2, -0.15) is 0 Å². The Hall–Kier alpha value is -3.65. The third kappa shape index (κ3) is 5.38. The Balaban J connectivity index is 1.46. The maximum absolute atomic E-state index is 13.2. The summed E-state index contributed by atoms with van der Waals surface area (Å²) >= 11 is 0. The number of nitrogens with one attached hydrogen (secondary N) is 1. The maximum Gasteiger partial charge on any atom is 0.340 e. The van der Waals surface area contributed by atoms with E-state index in [1.54, 1.807) is 43.0 Å². The minimum Gasteiger partial charge on any atom is -0.452 e. The summed E-state index contributed by atoms with van der Waals surface area (Å²) in [6.45, 7) is 5.98. The number of aryl methyl sites for hydroxylation is 3. The van der Waals surface area contributed by atoms with Crippen LogP contribution in [-0.4, -0.2) is 38.3 Å². The number of fused-ring (bicyclic) bond motifs is 1. The number of para-hydroxylation sites is 1. The Kier molecular flexibility index (Phi) is 6.93. The van der Waals surface area contributed by atoms with Crippen molar-refractivity contribution in [3.63, 3.8) is 0 Å². The highest BCUT2D eigenvalue weighted by molar-refractivity contribution is 7.92. The number of hydrogen-bond donors (Lipinski definition) is 1. The van der Waals surface area contributed by atoms with E-state index in [0.717, 1.165) is 17.5 Å². The van der Waals surface area contributed by atoms with Crippen molar-refractivity contribution in [2.45, 2.75) is 38.6 Å². The van der Waals surface area contributed by atoms with Crippen LogP contribution in [0.5, 0.6) is 0 Å². The summed E-state index contributed by atoms with van der Waals surface area (Å²) < 4.78 is 34.2. The molecule has 1 heterocycles. The van der Waals surface area contributed by atoms with Crippen molar-refractivity contribution in [3.05, 3.63) is 94.0 Å². The van der Waals surface area contributed by atoms with Crippen molar-refractivity contribution in [2.24, 2.45) is 0 Å². The van der Waals surface area contributed by atoms with Gasteiger partial charge in [0.2, 0.25) is 0 Å². The van der Waals surface area contributed by atoms with Gasteiger partial charge in [0.1, 0.15) is 0 Å². The number of carbonyl (C=O) groups excluding carboxylic acids is 2. The zero-order valence-corrected chi connectivity index (χ0v) is 20.8. The highest BCUT2D eigenvalue weighted by Crippen LogP contribution is 2.26. The van der Waals surface area contributed by atoms with Gasteiger partial charge >= 0.3 is 5.97 Å². The van der Waals surface area contributed by atoms with Crippen LogP contribution in [0.1, 0.15) is 38.2 Å². The second kappa shape index (κ2) is 9.92. The van der Waals surface area contributed by atoms with Crippen LogP contribution in [0.25, 0.3) is 0 Å². The van der Waals surface area contributed by atoms with E-state index < -0.39 is 22.6 Å². The highest BCUT2D eigenvalue weighted by Gasteiger charge is 2.25. The van der Waals surface area contributed by atoms with Crippen molar-refractivity contribution in [3.8, 4) is 0 Å². The standard InChI is InChI=1S/C27H28N2O5S/c1-18-14-19(2)26(20(3)15-18)35(32,33)28-24-11-7-6-10-23(24)27(31)34-17-25(30)29-13-12-21-8-4-5-9-22(21)16-29/h4-11,14-15,28H,12-13,16-17H2,1-3H3. The molecule has 0 saturated heterocycles. The molecule has 0 radical (unpaired) electrons. The van der Waals surface area contributed by atoms with Gasteiger partial charge in [-0.25, -0.2) is 13.2 Å². The van der Waals surface area contributed by atoms with Gasteiger partial charge in [0.15, 0.2) is 6.61 Å². The predicted octanol–water partition coefficient (Wildman–Crippen LogP) is 4.15. The monoisotopic (exact) mass is 492 g/mol. The molecular weight excluding hydrogens is 464 g/mol. The van der Waals surface area contributed by atoms with Gasteiger partial charge in [-0.15, -0.1) is 0 Å². The van der Waals surface area contributed by atoms with Crippen molar-refractivity contribution < 1.29 is 22.7 Å². The molecule has 182 valence electrons. The minimum absolute atomic E-state index is 0.0373. The molecule has 0 aliphatic carbocycles. The normalized spacial score (nSPS) is 13.2. The average molecular weight is 493 g/mol. The molecule has 7 nitrogen and oxygen atoms in total. The zero-order chi connectivity index (χ0) is 25.2. The molecular formula is C27H28N2O5S. The molecule has 8 heteroatoms. The first-order chi connectivity index (χ1) is 16.7. The van der Waals surface area contributed by atoms with Crippen LogP contribution in [0.15, 0.2) is 65.6 Å². The van der Waals surface area contributed by atoms with Gasteiger partial charge in [0.05, 0.1) is 16.1 Å². The van der Waals surface area contributed by atoms with Gasteiger partial charge < -0.3 is 9.64 Å². The Bertz CT molecular complexity index is 1380. The third-order valence-corrected chi connectivity index (χ3v) is 7.74. The molecule has 1 N–H and O–H groups in total. The van der Waals surface area contributed by atoms with Gasteiger partial charge in [-0.3, -0.25) is 9.52 Å². The quantitative estimate of drug-likeness (QED) is 0.522. The van der Waals surface area contributed by atoms with Crippen LogP contribution in [0.3, 0.4) is 0 Å². The molecule has 0 atom stereocenters. The molecule has 3 aromatic carbocycles. The fourth-order valence-corrected chi connectivity index (χ4v) is 6.08. The Labute approximate surface area is 205 Å². The van der Waals surface area contributed by atoms with E-state index in [2.05, 4.69) is 10.8 Å². The Morgan fingerprint density at radius 3 is 2.29 bits per heavy atom. The first-order valence-corrected chi connectivity index (χ1v) is 12.9. The number of ether oxygens (including phenoxy) is 1. The van der Waals surface area contributed by atoms with E-state index in [1.165, 1.54) is 17.7 Å². The molecule has 0 saturated carbocycles. The maximum atomic E-state index is 13.2. The second-order valence-electron chi connectivity index (χ2n) is 8.79. The third-order valence-electron chi connectivity index (χ3n) is 6.07. The van der Waals surface area contributed by atoms with Gasteiger partial charge in [0.25, 0.3) is 15.9 Å². The fraction of sp³-hybridized carbons (Fsp3) is 0.259. The van der Waals surface area contributed by atoms with E-state index in [0.29, 0.717) is 24.2 Å². The first-order valence-electron chi connectivity index (χ1n) is 11.4. The molecule has 1 aliphatic heterocycles. The molecule has 35 heavy (non-hydrogen) atoms. The van der Waals surface area contributed by atoms with Crippen molar-refractivity contribution in [2.75, 3.05) is 17.9 Å². The summed E-state index contributed by atoms with van der Waals surface area (Å²) in [4.78, 5) is 27.3. The number of carbonyl (C=O) groups is 2. The first kappa shape index (κ1) is 24.5. The lowest BCUT2D eigenvalue weighted by molar-refractivity contribution is -0.135. The Morgan fingerprint density at radius 1 is 0.943 bits per heavy atom. The summed E-state index contributed by atoms with van der Waals surface area (Å²) in [6, 6.07) is 17.7. The number of anilines is 1. The van der Waals surface area contributed by atoms with Gasteiger partial charge in [0, 0.05) is 13.1 Å². The molecule has 1 aliphatic rings. The summed E-state index contributed by atoms with van der Waals surface area (Å²) in [5.41, 5.74) is 4.62. The minimum atomic E-state index is -3.96. The van der Waals surface area contributed by atoms with E-state index in [-0.39, 0.29) is 22.1 Å². The van der Waals surface area contributed by atoms with Crippen LogP contribution in [-0.2, 0) is 32.5 Å². The van der Waals surface area contributed by atoms with E-state index in [1.807, 2.05) is 25.1 Å². The SMILES string of the molecule is Cc1cc(C)c(S(=O)(=O)Nc2ccccc2C(=O)OCC(=O)N2CCc3ccccc3C2)c(C)c1. The molecule has 4 rings (SSSR count). The van der Waals surface area contributed by atoms with Crippen LogP contribution >= 0.6 is 0 Å². The summed E-state index contributed by atoms with van der Waals surface area (Å²) in [5.74, 6) is -1.07. The largest absolute Gasteiger partial charge is 0.452 e. The van der Waals surface area contributed by atoms with Gasteiger partial charge in [-0.1, -0.05) is 54.1 Å². The molecule has 3 aromatic rings. The number of amides is 1. The van der Waals surface area contributed by atoms with Crippen LogP contribution in [0.4, 0.5) is 5.69 Å². The topological polar surface area (TPSA) is 92.8 Å². The van der Waals surface area contributed by atoms with Crippen molar-refractivity contribution in [1.29, 1.82) is 0 Å². The molecule has 0 aromatic heterocycles. The van der Waals surface area contributed by atoms with E-state index in [9.17, 15) is 18.0 Å². The predicted molar refractivity (Wildman–Crippen MR) is 134 cm³/mol. The number of esters is 1. The zero-order valence-electron chi connectivity index (χ0n) is 20.0. The average Bonchev–Trinajstić information content (AvgIpc) is 2.81. The highest BCUT2D eigenvalue weighted by atomic mass is 32.2. The molecule has 0 spiro atoms. The molecule has 0 unspecified atom stereocenters. The van der Waals surface area contributed by atoms with Crippen LogP contribution in [0, 0.1) is 20.8 Å². The van der Waals surface area contributed by atoms with Crippen molar-refractivity contribution in [1.82, 2.24) is 4.90 Å². The van der Waals surface area contributed by atoms with E-state index >= 15 is 0 Å². The fourth-order valence-electron chi connectivity index (χ4n) is 4.54. The summed E-state index contributed by atoms with van der Waals surface area (Å²) in [5, 5.41) is 0. The lowest BCUT2D eigenvalue weighted by Crippen LogP contribution is -2.38. The van der Waals surface area contributed by atoms with E-state index in [4.69, 9.17) is 4.74 Å². The smallest absolute Gasteiger partial charge is 0.340 e.